The zero-order valence-electron chi connectivity index (χ0n) is 16.3. The second-order valence-corrected chi connectivity index (χ2v) is 10.0. The highest BCUT2D eigenvalue weighted by atomic mass is 32.2. The van der Waals surface area contributed by atoms with Gasteiger partial charge in [-0.3, -0.25) is 4.79 Å². The Balaban J connectivity index is 1.63. The average Bonchev–Trinajstić information content (AvgIpc) is 2.87. The van der Waals surface area contributed by atoms with Crippen molar-refractivity contribution in [3.63, 3.8) is 0 Å². The fourth-order valence-electron chi connectivity index (χ4n) is 3.13. The van der Waals surface area contributed by atoms with Gasteiger partial charge in [-0.2, -0.15) is 0 Å². The topological polar surface area (TPSA) is 85.2 Å². The standard InChI is InChI=1S/C19H26N4O3S2/c1-15-7-9-16(10-8-15)28(25,26)14-17-20-21-19(22(17)2)27-13-18(24)23-11-5-3-4-6-12-23/h7-10H,3-6,11-14H2,1-2H3. The van der Waals surface area contributed by atoms with Crippen LogP contribution in [0, 0.1) is 6.92 Å². The van der Waals surface area contributed by atoms with Crippen molar-refractivity contribution in [2.45, 2.75) is 48.4 Å². The number of carbonyl (C=O) groups is 1. The summed E-state index contributed by atoms with van der Waals surface area (Å²) in [4.78, 5) is 14.6. The van der Waals surface area contributed by atoms with Gasteiger partial charge in [-0.15, -0.1) is 10.2 Å². The normalized spacial score (nSPS) is 15.4. The number of carbonyl (C=O) groups excluding carboxylic acids is 1. The summed E-state index contributed by atoms with van der Waals surface area (Å²) in [6.45, 7) is 3.55. The Morgan fingerprint density at radius 2 is 1.71 bits per heavy atom. The number of nitrogens with zero attached hydrogens (tertiary/aromatic N) is 4. The third-order valence-corrected chi connectivity index (χ3v) is 7.54. The van der Waals surface area contributed by atoms with Gasteiger partial charge < -0.3 is 9.47 Å². The maximum atomic E-state index is 12.6. The second kappa shape index (κ2) is 9.09. The summed E-state index contributed by atoms with van der Waals surface area (Å²) in [7, 11) is -1.76. The van der Waals surface area contributed by atoms with Gasteiger partial charge in [0.05, 0.1) is 10.6 Å². The lowest BCUT2D eigenvalue weighted by atomic mass is 10.2. The predicted octanol–water partition coefficient (Wildman–Crippen LogP) is 2.59. The molecule has 3 rings (SSSR count). The van der Waals surface area contributed by atoms with E-state index in [1.807, 2.05) is 11.8 Å². The van der Waals surface area contributed by atoms with Crippen LogP contribution in [0.1, 0.15) is 37.1 Å². The molecular formula is C19H26N4O3S2. The molecule has 0 bridgehead atoms. The largest absolute Gasteiger partial charge is 0.342 e. The predicted molar refractivity (Wildman–Crippen MR) is 109 cm³/mol. The van der Waals surface area contributed by atoms with Crippen LogP contribution in [-0.2, 0) is 27.4 Å². The van der Waals surface area contributed by atoms with Gasteiger partial charge in [-0.1, -0.05) is 42.3 Å². The van der Waals surface area contributed by atoms with Crippen LogP contribution in [0.15, 0.2) is 34.3 Å². The van der Waals surface area contributed by atoms with Crippen molar-refractivity contribution in [3.05, 3.63) is 35.7 Å². The van der Waals surface area contributed by atoms with Crippen molar-refractivity contribution in [1.29, 1.82) is 0 Å². The number of aromatic nitrogens is 3. The van der Waals surface area contributed by atoms with Crippen molar-refractivity contribution >= 4 is 27.5 Å². The zero-order valence-corrected chi connectivity index (χ0v) is 17.9. The van der Waals surface area contributed by atoms with Gasteiger partial charge in [-0.05, 0) is 31.9 Å². The van der Waals surface area contributed by atoms with Gasteiger partial charge in [0.25, 0.3) is 0 Å². The van der Waals surface area contributed by atoms with Crippen molar-refractivity contribution in [2.24, 2.45) is 7.05 Å². The number of likely N-dealkylation sites (tertiary alicyclic amines) is 1. The first-order valence-electron chi connectivity index (χ1n) is 9.45. The molecule has 1 aliphatic heterocycles. The Morgan fingerprint density at radius 3 is 2.36 bits per heavy atom. The molecule has 0 N–H and O–H groups in total. The average molecular weight is 423 g/mol. The molecule has 0 unspecified atom stereocenters. The number of aryl methyl sites for hydroxylation is 1. The Hall–Kier alpha value is -1.87. The number of hydrogen-bond acceptors (Lipinski definition) is 6. The molecule has 28 heavy (non-hydrogen) atoms. The lowest BCUT2D eigenvalue weighted by Crippen LogP contribution is -2.33. The molecule has 1 aromatic carbocycles. The Morgan fingerprint density at radius 1 is 1.07 bits per heavy atom. The monoisotopic (exact) mass is 422 g/mol. The molecule has 0 aliphatic carbocycles. The molecule has 2 heterocycles. The van der Waals surface area contributed by atoms with Crippen LogP contribution < -0.4 is 0 Å². The summed E-state index contributed by atoms with van der Waals surface area (Å²) < 4.78 is 26.9. The Bertz CT molecular complexity index is 915. The molecule has 1 amide bonds. The molecule has 9 heteroatoms. The van der Waals surface area contributed by atoms with E-state index in [2.05, 4.69) is 10.2 Å². The highest BCUT2D eigenvalue weighted by Gasteiger charge is 2.21. The molecule has 0 saturated carbocycles. The third-order valence-electron chi connectivity index (χ3n) is 4.91. The molecule has 1 fully saturated rings. The Kier molecular flexibility index (Phi) is 6.77. The van der Waals surface area contributed by atoms with E-state index in [1.165, 1.54) is 24.6 Å². The quantitative estimate of drug-likeness (QED) is 0.665. The van der Waals surface area contributed by atoms with Crippen LogP contribution in [0.4, 0.5) is 0 Å². The molecule has 0 spiro atoms. The van der Waals surface area contributed by atoms with Crippen molar-refractivity contribution < 1.29 is 13.2 Å². The van der Waals surface area contributed by atoms with Gasteiger partial charge in [0, 0.05) is 20.1 Å². The van der Waals surface area contributed by atoms with Gasteiger partial charge in [-0.25, -0.2) is 8.42 Å². The van der Waals surface area contributed by atoms with E-state index in [0.29, 0.717) is 11.0 Å². The highest BCUT2D eigenvalue weighted by molar-refractivity contribution is 7.99. The summed E-state index contributed by atoms with van der Waals surface area (Å²) in [5.41, 5.74) is 1.00. The minimum absolute atomic E-state index is 0.101. The molecule has 1 saturated heterocycles. The molecule has 0 radical (unpaired) electrons. The molecule has 0 atom stereocenters. The summed E-state index contributed by atoms with van der Waals surface area (Å²) >= 11 is 1.30. The van der Waals surface area contributed by atoms with Gasteiger partial charge in [0.2, 0.25) is 5.91 Å². The molecule has 1 aromatic heterocycles. The number of amides is 1. The van der Waals surface area contributed by atoms with Crippen molar-refractivity contribution in [3.8, 4) is 0 Å². The van der Waals surface area contributed by atoms with Gasteiger partial charge in [0.1, 0.15) is 11.6 Å². The van der Waals surface area contributed by atoms with E-state index in [1.54, 1.807) is 35.9 Å². The number of sulfone groups is 1. The van der Waals surface area contributed by atoms with Crippen LogP contribution >= 0.6 is 11.8 Å². The van der Waals surface area contributed by atoms with Crippen molar-refractivity contribution in [2.75, 3.05) is 18.8 Å². The smallest absolute Gasteiger partial charge is 0.233 e. The summed E-state index contributed by atoms with van der Waals surface area (Å²) in [6, 6.07) is 6.77. The first-order chi connectivity index (χ1) is 13.4. The number of benzene rings is 1. The minimum atomic E-state index is -3.50. The highest BCUT2D eigenvalue weighted by Crippen LogP contribution is 2.21. The van der Waals surface area contributed by atoms with Crippen LogP contribution in [0.2, 0.25) is 0 Å². The first kappa shape index (κ1) is 20.9. The molecule has 152 valence electrons. The fourth-order valence-corrected chi connectivity index (χ4v) is 5.27. The van der Waals surface area contributed by atoms with Crippen LogP contribution in [0.5, 0.6) is 0 Å². The first-order valence-corrected chi connectivity index (χ1v) is 12.1. The summed E-state index contributed by atoms with van der Waals surface area (Å²) in [6.07, 6.45) is 4.47. The third kappa shape index (κ3) is 5.14. The van der Waals surface area contributed by atoms with Gasteiger partial charge in [0.15, 0.2) is 15.0 Å². The Labute approximate surface area is 170 Å². The SMILES string of the molecule is Cc1ccc(S(=O)(=O)Cc2nnc(SCC(=O)N3CCCCCC3)n2C)cc1. The molecule has 7 nitrogen and oxygen atoms in total. The number of thioether (sulfide) groups is 1. The maximum Gasteiger partial charge on any atom is 0.233 e. The second-order valence-electron chi connectivity index (χ2n) is 7.11. The summed E-state index contributed by atoms with van der Waals surface area (Å²) in [5.74, 6) is 0.533. The zero-order chi connectivity index (χ0) is 20.1. The lowest BCUT2D eigenvalue weighted by Gasteiger charge is -2.19. The van der Waals surface area contributed by atoms with E-state index in [0.717, 1.165) is 31.5 Å². The molecule has 2 aromatic rings. The van der Waals surface area contributed by atoms with E-state index in [9.17, 15) is 13.2 Å². The molecular weight excluding hydrogens is 396 g/mol. The van der Waals surface area contributed by atoms with Crippen molar-refractivity contribution in [1.82, 2.24) is 19.7 Å². The maximum absolute atomic E-state index is 12.6. The van der Waals surface area contributed by atoms with Crippen LogP contribution in [-0.4, -0.2) is 52.8 Å². The van der Waals surface area contributed by atoms with Gasteiger partial charge >= 0.3 is 0 Å². The van der Waals surface area contributed by atoms with E-state index >= 15 is 0 Å². The number of rotatable bonds is 6. The lowest BCUT2D eigenvalue weighted by molar-refractivity contribution is -0.128. The van der Waals surface area contributed by atoms with E-state index in [-0.39, 0.29) is 22.3 Å². The number of hydrogen-bond donors (Lipinski definition) is 0. The fraction of sp³-hybridized carbons (Fsp3) is 0.526. The van der Waals surface area contributed by atoms with Crippen LogP contribution in [0.25, 0.3) is 0 Å². The van der Waals surface area contributed by atoms with E-state index < -0.39 is 9.84 Å². The minimum Gasteiger partial charge on any atom is -0.342 e. The van der Waals surface area contributed by atoms with Crippen LogP contribution in [0.3, 0.4) is 0 Å². The summed E-state index contributed by atoms with van der Waals surface area (Å²) in [5, 5.41) is 8.67. The molecule has 1 aliphatic rings. The van der Waals surface area contributed by atoms with E-state index in [4.69, 9.17) is 0 Å².